The summed E-state index contributed by atoms with van der Waals surface area (Å²) in [5.41, 5.74) is 0. The molecule has 1 rings (SSSR count). The smallest absolute Gasteiger partial charge is 0.0481 e. The van der Waals surface area contributed by atoms with Crippen molar-refractivity contribution in [2.75, 3.05) is 26.3 Å². The number of rotatable bonds is 2. The van der Waals surface area contributed by atoms with E-state index in [9.17, 15) is 0 Å². The van der Waals surface area contributed by atoms with Crippen molar-refractivity contribution in [1.82, 2.24) is 10.2 Å². The summed E-state index contributed by atoms with van der Waals surface area (Å²) in [6.07, 6.45) is 0. The second-order valence-corrected chi connectivity index (χ2v) is 2.92. The highest BCUT2D eigenvalue weighted by Crippen LogP contribution is 2.00. The SMILES string of the molecule is C[C](C)CN1CCNC1. The van der Waals surface area contributed by atoms with Gasteiger partial charge in [0.25, 0.3) is 0 Å². The first-order valence-electron chi connectivity index (χ1n) is 3.51. The van der Waals surface area contributed by atoms with Crippen molar-refractivity contribution in [3.63, 3.8) is 0 Å². The molecule has 1 radical (unpaired) electrons. The van der Waals surface area contributed by atoms with E-state index in [1.54, 1.807) is 0 Å². The molecule has 0 aromatic rings. The van der Waals surface area contributed by atoms with E-state index >= 15 is 0 Å². The van der Waals surface area contributed by atoms with E-state index in [2.05, 4.69) is 24.1 Å². The van der Waals surface area contributed by atoms with Gasteiger partial charge in [-0.1, -0.05) is 13.8 Å². The van der Waals surface area contributed by atoms with Crippen molar-refractivity contribution in [2.24, 2.45) is 0 Å². The Morgan fingerprint density at radius 3 is 2.78 bits per heavy atom. The van der Waals surface area contributed by atoms with Gasteiger partial charge in [-0.05, 0) is 5.92 Å². The Morgan fingerprint density at radius 1 is 1.56 bits per heavy atom. The average molecular weight is 127 g/mol. The zero-order valence-electron chi connectivity index (χ0n) is 6.28. The molecule has 0 atom stereocenters. The van der Waals surface area contributed by atoms with Gasteiger partial charge in [-0.3, -0.25) is 4.90 Å². The van der Waals surface area contributed by atoms with Gasteiger partial charge in [-0.2, -0.15) is 0 Å². The third kappa shape index (κ3) is 2.33. The fraction of sp³-hybridized carbons (Fsp3) is 0.857. The van der Waals surface area contributed by atoms with Crippen molar-refractivity contribution in [3.8, 4) is 0 Å². The van der Waals surface area contributed by atoms with Crippen LogP contribution in [0, 0.1) is 5.92 Å². The highest BCUT2D eigenvalue weighted by molar-refractivity contribution is 4.83. The summed E-state index contributed by atoms with van der Waals surface area (Å²) in [5, 5.41) is 3.29. The predicted octanol–water partition coefficient (Wildman–Crippen LogP) is 0.463. The molecule has 0 spiro atoms. The molecule has 1 aliphatic heterocycles. The first-order chi connectivity index (χ1) is 4.29. The molecular formula is C7H15N2. The van der Waals surface area contributed by atoms with Crippen LogP contribution in [0.2, 0.25) is 0 Å². The van der Waals surface area contributed by atoms with Crippen molar-refractivity contribution in [2.45, 2.75) is 13.8 Å². The highest BCUT2D eigenvalue weighted by atomic mass is 15.3. The van der Waals surface area contributed by atoms with Crippen LogP contribution in [0.1, 0.15) is 13.8 Å². The number of hydrogen-bond acceptors (Lipinski definition) is 2. The molecule has 1 N–H and O–H groups in total. The van der Waals surface area contributed by atoms with Crippen molar-refractivity contribution < 1.29 is 0 Å². The molecule has 1 fully saturated rings. The molecule has 0 amide bonds. The van der Waals surface area contributed by atoms with Crippen molar-refractivity contribution in [3.05, 3.63) is 5.92 Å². The highest BCUT2D eigenvalue weighted by Gasteiger charge is 2.10. The maximum Gasteiger partial charge on any atom is 0.0481 e. The Hall–Kier alpha value is -0.0800. The average Bonchev–Trinajstić information content (AvgIpc) is 2.15. The van der Waals surface area contributed by atoms with Crippen LogP contribution in [0.3, 0.4) is 0 Å². The summed E-state index contributed by atoms with van der Waals surface area (Å²) in [6, 6.07) is 0. The molecule has 0 unspecified atom stereocenters. The molecule has 0 aromatic carbocycles. The summed E-state index contributed by atoms with van der Waals surface area (Å²) in [6.45, 7) is 8.97. The van der Waals surface area contributed by atoms with E-state index in [1.807, 2.05) is 0 Å². The number of nitrogens with zero attached hydrogens (tertiary/aromatic N) is 1. The van der Waals surface area contributed by atoms with Crippen LogP contribution in [-0.4, -0.2) is 31.2 Å². The minimum absolute atomic E-state index is 1.07. The van der Waals surface area contributed by atoms with Crippen LogP contribution < -0.4 is 5.32 Å². The molecule has 0 aromatic heterocycles. The van der Waals surface area contributed by atoms with E-state index in [1.165, 1.54) is 12.5 Å². The van der Waals surface area contributed by atoms with Crippen LogP contribution in [0.5, 0.6) is 0 Å². The standard InChI is InChI=1S/C7H15N2/c1-7(2)5-9-4-3-8-6-9/h8H,3-6H2,1-2H3. The Kier molecular flexibility index (Phi) is 2.49. The predicted molar refractivity (Wildman–Crippen MR) is 39.0 cm³/mol. The third-order valence-corrected chi connectivity index (χ3v) is 1.48. The number of nitrogens with one attached hydrogen (secondary N) is 1. The molecule has 0 aliphatic carbocycles. The Labute approximate surface area is 57.2 Å². The van der Waals surface area contributed by atoms with Gasteiger partial charge in [0, 0.05) is 26.3 Å². The lowest BCUT2D eigenvalue weighted by molar-refractivity contribution is 0.348. The van der Waals surface area contributed by atoms with E-state index in [0.717, 1.165) is 19.8 Å². The van der Waals surface area contributed by atoms with Crippen molar-refractivity contribution >= 4 is 0 Å². The zero-order chi connectivity index (χ0) is 6.69. The normalized spacial score (nSPS) is 21.7. The van der Waals surface area contributed by atoms with Gasteiger partial charge in [0.1, 0.15) is 0 Å². The molecule has 2 nitrogen and oxygen atoms in total. The van der Waals surface area contributed by atoms with Crippen LogP contribution in [0.15, 0.2) is 0 Å². The van der Waals surface area contributed by atoms with Gasteiger partial charge in [0.05, 0.1) is 0 Å². The summed E-state index contributed by atoms with van der Waals surface area (Å²) in [5.74, 6) is 1.50. The minimum atomic E-state index is 1.07. The van der Waals surface area contributed by atoms with Crippen LogP contribution in [-0.2, 0) is 0 Å². The lowest BCUT2D eigenvalue weighted by atomic mass is 10.2. The van der Waals surface area contributed by atoms with Gasteiger partial charge in [0.2, 0.25) is 0 Å². The van der Waals surface area contributed by atoms with Crippen LogP contribution in [0.25, 0.3) is 0 Å². The Balaban J connectivity index is 2.11. The fourth-order valence-corrected chi connectivity index (χ4v) is 1.14. The first kappa shape index (κ1) is 7.03. The Bertz CT molecular complexity index is 75.0. The fourth-order valence-electron chi connectivity index (χ4n) is 1.14. The molecule has 2 heteroatoms. The van der Waals surface area contributed by atoms with Crippen LogP contribution >= 0.6 is 0 Å². The first-order valence-corrected chi connectivity index (χ1v) is 3.51. The van der Waals surface area contributed by atoms with E-state index in [-0.39, 0.29) is 0 Å². The second-order valence-electron chi connectivity index (χ2n) is 2.92. The molecule has 9 heavy (non-hydrogen) atoms. The lowest BCUT2D eigenvalue weighted by Crippen LogP contribution is -2.25. The van der Waals surface area contributed by atoms with E-state index in [4.69, 9.17) is 0 Å². The molecule has 1 heterocycles. The van der Waals surface area contributed by atoms with Crippen molar-refractivity contribution in [1.29, 1.82) is 0 Å². The van der Waals surface area contributed by atoms with Gasteiger partial charge in [-0.15, -0.1) is 0 Å². The minimum Gasteiger partial charge on any atom is -0.303 e. The quantitative estimate of drug-likeness (QED) is 0.580. The van der Waals surface area contributed by atoms with Gasteiger partial charge >= 0.3 is 0 Å². The molecule has 0 saturated carbocycles. The zero-order valence-corrected chi connectivity index (χ0v) is 6.28. The molecule has 1 aliphatic rings. The Morgan fingerprint density at radius 2 is 2.33 bits per heavy atom. The summed E-state index contributed by atoms with van der Waals surface area (Å²) < 4.78 is 0. The maximum atomic E-state index is 3.29. The summed E-state index contributed by atoms with van der Waals surface area (Å²) in [4.78, 5) is 2.41. The molecule has 1 saturated heterocycles. The number of hydrogen-bond donors (Lipinski definition) is 1. The summed E-state index contributed by atoms with van der Waals surface area (Å²) >= 11 is 0. The van der Waals surface area contributed by atoms with Gasteiger partial charge < -0.3 is 5.32 Å². The molecule has 53 valence electrons. The molecule has 0 bridgehead atoms. The van der Waals surface area contributed by atoms with Gasteiger partial charge in [-0.25, -0.2) is 0 Å². The topological polar surface area (TPSA) is 15.3 Å². The van der Waals surface area contributed by atoms with Crippen LogP contribution in [0.4, 0.5) is 0 Å². The van der Waals surface area contributed by atoms with E-state index < -0.39 is 0 Å². The molecular weight excluding hydrogens is 112 g/mol. The maximum absolute atomic E-state index is 3.29. The third-order valence-electron chi connectivity index (χ3n) is 1.48. The van der Waals surface area contributed by atoms with E-state index in [0.29, 0.717) is 0 Å². The lowest BCUT2D eigenvalue weighted by Gasteiger charge is -2.15. The largest absolute Gasteiger partial charge is 0.303 e. The monoisotopic (exact) mass is 127 g/mol. The summed E-state index contributed by atoms with van der Waals surface area (Å²) in [7, 11) is 0. The van der Waals surface area contributed by atoms with Gasteiger partial charge in [0.15, 0.2) is 0 Å². The second kappa shape index (κ2) is 3.18.